The predicted molar refractivity (Wildman–Crippen MR) is 58.1 cm³/mol. The third kappa shape index (κ3) is 1.95. The maximum Gasteiger partial charge on any atom is 0.303 e. The molecule has 1 unspecified atom stereocenters. The minimum Gasteiger partial charge on any atom is -0.481 e. The summed E-state index contributed by atoms with van der Waals surface area (Å²) >= 11 is 0. The van der Waals surface area contributed by atoms with Gasteiger partial charge in [-0.2, -0.15) is 0 Å². The van der Waals surface area contributed by atoms with E-state index >= 15 is 0 Å². The van der Waals surface area contributed by atoms with Crippen LogP contribution in [0.2, 0.25) is 0 Å². The van der Waals surface area contributed by atoms with Gasteiger partial charge >= 0.3 is 5.97 Å². The molecule has 0 bridgehead atoms. The van der Waals surface area contributed by atoms with Gasteiger partial charge in [0.25, 0.3) is 0 Å². The third-order valence-electron chi connectivity index (χ3n) is 2.85. The highest BCUT2D eigenvalue weighted by Gasteiger charge is 2.30. The van der Waals surface area contributed by atoms with Crippen molar-refractivity contribution < 1.29 is 18.3 Å². The Morgan fingerprint density at radius 2 is 2.06 bits per heavy atom. The second-order valence-electron chi connectivity index (χ2n) is 3.94. The molecule has 0 fully saturated rings. The van der Waals surface area contributed by atoms with Crippen LogP contribution in [0.4, 0.5) is 0 Å². The monoisotopic (exact) mass is 240 g/mol. The molecule has 0 spiro atoms. The zero-order valence-electron chi connectivity index (χ0n) is 8.59. The van der Waals surface area contributed by atoms with Crippen LogP contribution >= 0.6 is 0 Å². The van der Waals surface area contributed by atoms with E-state index in [1.165, 1.54) is 0 Å². The number of hydrogen-bond acceptors (Lipinski definition) is 3. The number of hydrogen-bond donors (Lipinski definition) is 1. The highest BCUT2D eigenvalue weighted by molar-refractivity contribution is 7.91. The normalized spacial score (nSPS) is 22.4. The molecule has 86 valence electrons. The van der Waals surface area contributed by atoms with E-state index in [2.05, 4.69) is 0 Å². The zero-order chi connectivity index (χ0) is 11.8. The number of carboxylic acids is 1. The molecular formula is C11H12O4S. The van der Waals surface area contributed by atoms with E-state index < -0.39 is 15.8 Å². The zero-order valence-corrected chi connectivity index (χ0v) is 9.40. The van der Waals surface area contributed by atoms with Gasteiger partial charge in [0.05, 0.1) is 17.1 Å². The average Bonchev–Trinajstić information content (AvgIpc) is 2.23. The molecule has 0 amide bonds. The number of aliphatic carboxylic acids is 1. The Morgan fingerprint density at radius 1 is 1.38 bits per heavy atom. The van der Waals surface area contributed by atoms with E-state index in [0.717, 1.165) is 0 Å². The molecule has 2 rings (SSSR count). The van der Waals surface area contributed by atoms with Gasteiger partial charge in [-0.3, -0.25) is 4.79 Å². The van der Waals surface area contributed by atoms with Gasteiger partial charge in [0.15, 0.2) is 9.84 Å². The van der Waals surface area contributed by atoms with Gasteiger partial charge in [-0.25, -0.2) is 8.42 Å². The Kier molecular flexibility index (Phi) is 2.71. The predicted octanol–water partition coefficient (Wildman–Crippen LogP) is 1.42. The van der Waals surface area contributed by atoms with Crippen LogP contribution in [0.25, 0.3) is 0 Å². The average molecular weight is 240 g/mol. The van der Waals surface area contributed by atoms with Crippen molar-refractivity contribution in [2.75, 3.05) is 5.75 Å². The fraction of sp³-hybridized carbons (Fsp3) is 0.364. The maximum absolute atomic E-state index is 11.8. The summed E-state index contributed by atoms with van der Waals surface area (Å²) in [4.78, 5) is 11.0. The summed E-state index contributed by atoms with van der Waals surface area (Å²) in [5.74, 6) is -1.03. The Morgan fingerprint density at radius 3 is 2.75 bits per heavy atom. The van der Waals surface area contributed by atoms with Crippen molar-refractivity contribution in [2.45, 2.75) is 23.7 Å². The van der Waals surface area contributed by atoms with Crippen LogP contribution in [0.1, 0.15) is 24.3 Å². The van der Waals surface area contributed by atoms with Crippen molar-refractivity contribution in [1.29, 1.82) is 0 Å². The molecule has 0 saturated heterocycles. The van der Waals surface area contributed by atoms with Gasteiger partial charge in [-0.1, -0.05) is 18.2 Å². The summed E-state index contributed by atoms with van der Waals surface area (Å²) in [5.41, 5.74) is 0.649. The fourth-order valence-electron chi connectivity index (χ4n) is 2.09. The van der Waals surface area contributed by atoms with Crippen LogP contribution < -0.4 is 0 Å². The number of sulfone groups is 1. The van der Waals surface area contributed by atoms with Gasteiger partial charge in [0, 0.05) is 0 Å². The van der Waals surface area contributed by atoms with Crippen LogP contribution in [0.5, 0.6) is 0 Å². The number of fused-ring (bicyclic) bond motifs is 1. The summed E-state index contributed by atoms with van der Waals surface area (Å²) in [6, 6.07) is 6.67. The SMILES string of the molecule is O=C(O)CC1CCS(=O)(=O)c2ccccc21. The largest absolute Gasteiger partial charge is 0.481 e. The lowest BCUT2D eigenvalue weighted by Gasteiger charge is -2.23. The lowest BCUT2D eigenvalue weighted by atomic mass is 9.93. The number of benzene rings is 1. The Labute approximate surface area is 93.8 Å². The summed E-state index contributed by atoms with van der Waals surface area (Å²) in [7, 11) is -3.20. The first-order valence-electron chi connectivity index (χ1n) is 5.04. The molecule has 0 aromatic heterocycles. The molecule has 1 aliphatic rings. The molecule has 1 aliphatic heterocycles. The van der Waals surface area contributed by atoms with E-state index in [4.69, 9.17) is 5.11 Å². The van der Waals surface area contributed by atoms with Crippen molar-refractivity contribution in [3.63, 3.8) is 0 Å². The molecular weight excluding hydrogens is 228 g/mol. The molecule has 4 nitrogen and oxygen atoms in total. The Balaban J connectivity index is 2.47. The topological polar surface area (TPSA) is 71.4 Å². The summed E-state index contributed by atoms with van der Waals surface area (Å²) in [6.45, 7) is 0. The first-order valence-corrected chi connectivity index (χ1v) is 6.69. The minimum absolute atomic E-state index is 0.00741. The van der Waals surface area contributed by atoms with Crippen LogP contribution in [-0.2, 0) is 14.6 Å². The first kappa shape index (κ1) is 11.1. The minimum atomic E-state index is -3.20. The van der Waals surface area contributed by atoms with E-state index in [1.807, 2.05) is 0 Å². The summed E-state index contributed by atoms with van der Waals surface area (Å²) in [6.07, 6.45) is 0.387. The van der Waals surface area contributed by atoms with E-state index in [1.54, 1.807) is 24.3 Å². The molecule has 1 aromatic rings. The lowest BCUT2D eigenvalue weighted by Crippen LogP contribution is -2.21. The van der Waals surface area contributed by atoms with Crippen molar-refractivity contribution in [3.05, 3.63) is 29.8 Å². The molecule has 16 heavy (non-hydrogen) atoms. The fourth-order valence-corrected chi connectivity index (χ4v) is 3.78. The quantitative estimate of drug-likeness (QED) is 0.848. The maximum atomic E-state index is 11.8. The molecule has 5 heteroatoms. The molecule has 1 aromatic carbocycles. The number of rotatable bonds is 2. The van der Waals surface area contributed by atoms with Crippen molar-refractivity contribution in [3.8, 4) is 0 Å². The molecule has 0 saturated carbocycles. The summed E-state index contributed by atoms with van der Waals surface area (Å²) in [5, 5.41) is 8.77. The molecule has 0 radical (unpaired) electrons. The van der Waals surface area contributed by atoms with Crippen molar-refractivity contribution in [2.24, 2.45) is 0 Å². The van der Waals surface area contributed by atoms with Crippen molar-refractivity contribution in [1.82, 2.24) is 0 Å². The highest BCUT2D eigenvalue weighted by Crippen LogP contribution is 2.35. The van der Waals surface area contributed by atoms with Gasteiger partial charge in [0.1, 0.15) is 0 Å². The molecule has 1 heterocycles. The third-order valence-corrected chi connectivity index (χ3v) is 4.67. The van der Waals surface area contributed by atoms with Crippen LogP contribution in [0.3, 0.4) is 0 Å². The number of carbonyl (C=O) groups is 1. The second-order valence-corrected chi connectivity index (χ2v) is 6.02. The van der Waals surface area contributed by atoms with Crippen LogP contribution in [0, 0.1) is 0 Å². The molecule has 1 N–H and O–H groups in total. The molecule has 0 aliphatic carbocycles. The second kappa shape index (κ2) is 3.90. The standard InChI is InChI=1S/C11H12O4S/c12-11(13)7-8-5-6-16(14,15)10-4-2-1-3-9(8)10/h1-4,8H,5-7H2,(H,12,13). The van der Waals surface area contributed by atoms with Gasteiger partial charge < -0.3 is 5.11 Å². The molecule has 1 atom stereocenters. The van der Waals surface area contributed by atoms with E-state index in [0.29, 0.717) is 16.9 Å². The van der Waals surface area contributed by atoms with Crippen LogP contribution in [-0.4, -0.2) is 25.2 Å². The summed E-state index contributed by atoms with van der Waals surface area (Å²) < 4.78 is 23.5. The van der Waals surface area contributed by atoms with Gasteiger partial charge in [0.2, 0.25) is 0 Å². The highest BCUT2D eigenvalue weighted by atomic mass is 32.2. The van der Waals surface area contributed by atoms with Crippen molar-refractivity contribution >= 4 is 15.8 Å². The van der Waals surface area contributed by atoms with Crippen LogP contribution in [0.15, 0.2) is 29.2 Å². The Bertz CT molecular complexity index is 519. The van der Waals surface area contributed by atoms with Gasteiger partial charge in [-0.05, 0) is 24.0 Å². The Hall–Kier alpha value is -1.36. The lowest BCUT2D eigenvalue weighted by molar-refractivity contribution is -0.137. The first-order chi connectivity index (χ1) is 7.50. The number of carboxylic acid groups (broad SMARTS) is 1. The van der Waals surface area contributed by atoms with E-state index in [-0.39, 0.29) is 18.1 Å². The van der Waals surface area contributed by atoms with E-state index in [9.17, 15) is 13.2 Å². The van der Waals surface area contributed by atoms with Gasteiger partial charge in [-0.15, -0.1) is 0 Å². The smallest absolute Gasteiger partial charge is 0.303 e.